The number of nitrogens with zero attached hydrogens (tertiary/aromatic N) is 6. The lowest BCUT2D eigenvalue weighted by molar-refractivity contribution is 0.158. The SMILES string of the molecule is Cc1nnc2ccc(N3CC(N(C)CC4CCCCC4)C3)nn12. The topological polar surface area (TPSA) is 49.6 Å². The summed E-state index contributed by atoms with van der Waals surface area (Å²) in [5.74, 6) is 2.79. The predicted octanol–water partition coefficient (Wildman–Crippen LogP) is 2.13. The molecule has 1 saturated heterocycles. The molecule has 1 saturated carbocycles. The van der Waals surface area contributed by atoms with Gasteiger partial charge in [-0.25, -0.2) is 0 Å². The van der Waals surface area contributed by atoms with Crippen LogP contribution in [0.4, 0.5) is 5.82 Å². The first-order valence-electron chi connectivity index (χ1n) is 8.85. The number of aryl methyl sites for hydroxylation is 1. The molecule has 0 radical (unpaired) electrons. The highest BCUT2D eigenvalue weighted by Gasteiger charge is 2.32. The van der Waals surface area contributed by atoms with Crippen molar-refractivity contribution in [3.63, 3.8) is 0 Å². The van der Waals surface area contributed by atoms with Crippen molar-refractivity contribution in [1.29, 1.82) is 0 Å². The molecule has 0 N–H and O–H groups in total. The molecular weight excluding hydrogens is 288 g/mol. The zero-order valence-electron chi connectivity index (χ0n) is 14.1. The average Bonchev–Trinajstić information content (AvgIpc) is 2.88. The average molecular weight is 314 g/mol. The molecule has 23 heavy (non-hydrogen) atoms. The number of anilines is 1. The molecule has 2 fully saturated rings. The Morgan fingerprint density at radius 1 is 1.13 bits per heavy atom. The van der Waals surface area contributed by atoms with Crippen LogP contribution in [-0.2, 0) is 0 Å². The van der Waals surface area contributed by atoms with E-state index in [1.165, 1.54) is 38.6 Å². The summed E-state index contributed by atoms with van der Waals surface area (Å²) in [6.07, 6.45) is 7.14. The van der Waals surface area contributed by atoms with Crippen molar-refractivity contribution in [2.45, 2.75) is 45.1 Å². The van der Waals surface area contributed by atoms with Crippen LogP contribution in [0.3, 0.4) is 0 Å². The standard InChI is InChI=1S/C17H26N6/c1-13-18-19-16-8-9-17(20-23(13)16)22-11-15(12-22)21(2)10-14-6-4-3-5-7-14/h8-9,14-15H,3-7,10-12H2,1-2H3. The summed E-state index contributed by atoms with van der Waals surface area (Å²) < 4.78 is 1.83. The third-order valence-electron chi connectivity index (χ3n) is 5.49. The van der Waals surface area contributed by atoms with E-state index < -0.39 is 0 Å². The molecule has 1 aliphatic carbocycles. The highest BCUT2D eigenvalue weighted by molar-refractivity contribution is 5.47. The number of likely N-dealkylation sites (N-methyl/N-ethyl adjacent to an activating group) is 1. The molecule has 6 nitrogen and oxygen atoms in total. The van der Waals surface area contributed by atoms with E-state index in [2.05, 4.69) is 38.2 Å². The Morgan fingerprint density at radius 3 is 2.70 bits per heavy atom. The van der Waals surface area contributed by atoms with Crippen LogP contribution >= 0.6 is 0 Å². The lowest BCUT2D eigenvalue weighted by Gasteiger charge is -2.45. The quantitative estimate of drug-likeness (QED) is 0.865. The minimum atomic E-state index is 0.663. The Kier molecular flexibility index (Phi) is 3.93. The van der Waals surface area contributed by atoms with Gasteiger partial charge in [0.15, 0.2) is 11.5 Å². The van der Waals surface area contributed by atoms with E-state index in [0.29, 0.717) is 6.04 Å². The third kappa shape index (κ3) is 2.92. The molecule has 1 aliphatic heterocycles. The minimum absolute atomic E-state index is 0.663. The lowest BCUT2D eigenvalue weighted by Crippen LogP contribution is -2.59. The first-order valence-corrected chi connectivity index (χ1v) is 8.85. The molecule has 0 aromatic carbocycles. The Morgan fingerprint density at radius 2 is 1.91 bits per heavy atom. The van der Waals surface area contributed by atoms with Gasteiger partial charge in [0, 0.05) is 25.7 Å². The van der Waals surface area contributed by atoms with Crippen molar-refractivity contribution in [2.75, 3.05) is 31.6 Å². The summed E-state index contributed by atoms with van der Waals surface area (Å²) >= 11 is 0. The van der Waals surface area contributed by atoms with Gasteiger partial charge in [0.1, 0.15) is 5.82 Å². The zero-order valence-corrected chi connectivity index (χ0v) is 14.1. The molecule has 0 unspecified atom stereocenters. The van der Waals surface area contributed by atoms with Gasteiger partial charge in [-0.05, 0) is 44.9 Å². The molecule has 3 heterocycles. The van der Waals surface area contributed by atoms with E-state index in [4.69, 9.17) is 0 Å². The van der Waals surface area contributed by atoms with E-state index in [0.717, 1.165) is 36.3 Å². The first-order chi connectivity index (χ1) is 11.2. The molecule has 0 bridgehead atoms. The van der Waals surface area contributed by atoms with Crippen molar-refractivity contribution < 1.29 is 0 Å². The lowest BCUT2D eigenvalue weighted by atomic mass is 9.88. The van der Waals surface area contributed by atoms with Gasteiger partial charge in [0.25, 0.3) is 0 Å². The van der Waals surface area contributed by atoms with Gasteiger partial charge in [-0.2, -0.15) is 4.52 Å². The molecule has 2 aliphatic rings. The Labute approximate surface area is 137 Å². The summed E-state index contributed by atoms with van der Waals surface area (Å²) in [5.41, 5.74) is 0.817. The van der Waals surface area contributed by atoms with E-state index in [-0.39, 0.29) is 0 Å². The van der Waals surface area contributed by atoms with Gasteiger partial charge < -0.3 is 4.90 Å². The summed E-state index contributed by atoms with van der Waals surface area (Å²) in [7, 11) is 2.29. The van der Waals surface area contributed by atoms with Gasteiger partial charge >= 0.3 is 0 Å². The van der Waals surface area contributed by atoms with Crippen LogP contribution < -0.4 is 4.90 Å². The molecule has 4 rings (SSSR count). The number of hydrogen-bond acceptors (Lipinski definition) is 5. The van der Waals surface area contributed by atoms with Crippen LogP contribution in [0.25, 0.3) is 5.65 Å². The predicted molar refractivity (Wildman–Crippen MR) is 90.7 cm³/mol. The van der Waals surface area contributed by atoms with E-state index in [1.54, 1.807) is 0 Å². The third-order valence-corrected chi connectivity index (χ3v) is 5.49. The molecule has 0 atom stereocenters. The van der Waals surface area contributed by atoms with Crippen molar-refractivity contribution in [3.8, 4) is 0 Å². The van der Waals surface area contributed by atoms with Gasteiger partial charge in [-0.15, -0.1) is 15.3 Å². The van der Waals surface area contributed by atoms with Crippen LogP contribution in [0.15, 0.2) is 12.1 Å². The normalized spacial score (nSPS) is 20.4. The van der Waals surface area contributed by atoms with Gasteiger partial charge in [-0.3, -0.25) is 4.90 Å². The summed E-state index contributed by atoms with van der Waals surface area (Å²) in [5, 5.41) is 12.8. The first kappa shape index (κ1) is 14.9. The molecule has 124 valence electrons. The highest BCUT2D eigenvalue weighted by Crippen LogP contribution is 2.27. The van der Waals surface area contributed by atoms with Crippen LogP contribution in [0.1, 0.15) is 37.9 Å². The smallest absolute Gasteiger partial charge is 0.178 e. The van der Waals surface area contributed by atoms with E-state index in [9.17, 15) is 0 Å². The van der Waals surface area contributed by atoms with Crippen molar-refractivity contribution >= 4 is 11.5 Å². The fourth-order valence-corrected chi connectivity index (χ4v) is 3.90. The van der Waals surface area contributed by atoms with E-state index in [1.807, 2.05) is 17.5 Å². The monoisotopic (exact) mass is 314 g/mol. The fourth-order valence-electron chi connectivity index (χ4n) is 3.90. The second-order valence-corrected chi connectivity index (χ2v) is 7.21. The van der Waals surface area contributed by atoms with Crippen LogP contribution in [0.2, 0.25) is 0 Å². The zero-order chi connectivity index (χ0) is 15.8. The van der Waals surface area contributed by atoms with Crippen molar-refractivity contribution in [3.05, 3.63) is 18.0 Å². The second-order valence-electron chi connectivity index (χ2n) is 7.21. The van der Waals surface area contributed by atoms with Crippen molar-refractivity contribution in [1.82, 2.24) is 24.7 Å². The molecule has 2 aromatic rings. The maximum atomic E-state index is 4.67. The van der Waals surface area contributed by atoms with Gasteiger partial charge in [-0.1, -0.05) is 19.3 Å². The molecule has 6 heteroatoms. The van der Waals surface area contributed by atoms with Crippen LogP contribution in [0, 0.1) is 12.8 Å². The van der Waals surface area contributed by atoms with Crippen LogP contribution in [0.5, 0.6) is 0 Å². The molecular formula is C17H26N6. The van der Waals surface area contributed by atoms with Gasteiger partial charge in [0.2, 0.25) is 0 Å². The molecule has 0 amide bonds. The number of rotatable bonds is 4. The Balaban J connectivity index is 1.35. The second kappa shape index (κ2) is 6.07. The van der Waals surface area contributed by atoms with Gasteiger partial charge in [0.05, 0.1) is 0 Å². The molecule has 2 aromatic heterocycles. The number of hydrogen-bond donors (Lipinski definition) is 0. The summed E-state index contributed by atoms with van der Waals surface area (Å²) in [4.78, 5) is 4.91. The molecule has 0 spiro atoms. The number of fused-ring (bicyclic) bond motifs is 1. The minimum Gasteiger partial charge on any atom is -0.352 e. The highest BCUT2D eigenvalue weighted by atomic mass is 15.4. The Hall–Kier alpha value is -1.69. The fraction of sp³-hybridized carbons (Fsp3) is 0.706. The number of aromatic nitrogens is 4. The summed E-state index contributed by atoms with van der Waals surface area (Å²) in [6, 6.07) is 4.72. The maximum absolute atomic E-state index is 4.67. The Bertz CT molecular complexity index is 669. The summed E-state index contributed by atoms with van der Waals surface area (Å²) in [6.45, 7) is 5.34. The van der Waals surface area contributed by atoms with Crippen molar-refractivity contribution in [2.24, 2.45) is 5.92 Å². The maximum Gasteiger partial charge on any atom is 0.178 e. The van der Waals surface area contributed by atoms with E-state index >= 15 is 0 Å². The van der Waals surface area contributed by atoms with Crippen LogP contribution in [-0.4, -0.2) is 57.4 Å². The largest absolute Gasteiger partial charge is 0.352 e.